The number of benzene rings is 3. The highest BCUT2D eigenvalue weighted by Gasteiger charge is 2.15. The van der Waals surface area contributed by atoms with Crippen molar-refractivity contribution in [1.82, 2.24) is 9.55 Å². The lowest BCUT2D eigenvalue weighted by Gasteiger charge is -2.11. The number of hydrogen-bond acceptors (Lipinski definition) is 1. The number of aromatic nitrogens is 2. The van der Waals surface area contributed by atoms with E-state index in [1.54, 1.807) is 0 Å². The summed E-state index contributed by atoms with van der Waals surface area (Å²) in [5.41, 5.74) is 6.98. The zero-order valence-electron chi connectivity index (χ0n) is 13.3. The van der Waals surface area contributed by atoms with Crippen molar-refractivity contribution in [1.29, 1.82) is 0 Å². The van der Waals surface area contributed by atoms with E-state index < -0.39 is 0 Å². The molecule has 0 bridgehead atoms. The Labute approximate surface area is 136 Å². The van der Waals surface area contributed by atoms with Gasteiger partial charge in [-0.1, -0.05) is 60.2 Å². The van der Waals surface area contributed by atoms with Gasteiger partial charge in [-0.25, -0.2) is 4.98 Å². The minimum atomic E-state index is 0.985. The summed E-state index contributed by atoms with van der Waals surface area (Å²) >= 11 is 0. The first kappa shape index (κ1) is 13.8. The first-order valence-corrected chi connectivity index (χ1v) is 7.84. The van der Waals surface area contributed by atoms with Crippen LogP contribution in [0.25, 0.3) is 28.1 Å². The standard InChI is InChI=1S/C21H18N2/c1-15-11-13-18(14-12-15)23-20-16(2)7-6-10-19(20)22-21(23)17-8-4-3-5-9-17/h3-14H,1-2H3. The Hall–Kier alpha value is -2.87. The van der Waals surface area contributed by atoms with Crippen LogP contribution in [0.4, 0.5) is 0 Å². The summed E-state index contributed by atoms with van der Waals surface area (Å²) in [7, 11) is 0. The first-order chi connectivity index (χ1) is 11.2. The van der Waals surface area contributed by atoms with Crippen molar-refractivity contribution in [3.63, 3.8) is 0 Å². The molecule has 4 aromatic rings. The van der Waals surface area contributed by atoms with Gasteiger partial charge in [0.05, 0.1) is 11.0 Å². The maximum atomic E-state index is 4.91. The number of rotatable bonds is 2. The van der Waals surface area contributed by atoms with Gasteiger partial charge in [-0.2, -0.15) is 0 Å². The van der Waals surface area contributed by atoms with E-state index in [-0.39, 0.29) is 0 Å². The summed E-state index contributed by atoms with van der Waals surface area (Å²) in [6.45, 7) is 4.25. The zero-order valence-corrected chi connectivity index (χ0v) is 13.3. The molecule has 0 atom stereocenters. The van der Waals surface area contributed by atoms with E-state index in [0.29, 0.717) is 0 Å². The second-order valence-electron chi connectivity index (χ2n) is 5.92. The SMILES string of the molecule is Cc1ccc(-n2c(-c3ccccc3)nc3cccc(C)c32)cc1. The number of imidazole rings is 1. The summed E-state index contributed by atoms with van der Waals surface area (Å²) in [4.78, 5) is 4.91. The van der Waals surface area contributed by atoms with Crippen molar-refractivity contribution >= 4 is 11.0 Å². The van der Waals surface area contributed by atoms with Gasteiger partial charge in [0.15, 0.2) is 0 Å². The third-order valence-electron chi connectivity index (χ3n) is 4.20. The van der Waals surface area contributed by atoms with Crippen molar-refractivity contribution in [2.75, 3.05) is 0 Å². The minimum absolute atomic E-state index is 0.985. The van der Waals surface area contributed by atoms with Gasteiger partial charge in [-0.3, -0.25) is 4.57 Å². The van der Waals surface area contributed by atoms with Gasteiger partial charge in [0.2, 0.25) is 0 Å². The van der Waals surface area contributed by atoms with Crippen molar-refractivity contribution in [2.45, 2.75) is 13.8 Å². The van der Waals surface area contributed by atoms with Crippen molar-refractivity contribution < 1.29 is 0 Å². The van der Waals surface area contributed by atoms with E-state index in [4.69, 9.17) is 4.98 Å². The van der Waals surface area contributed by atoms with E-state index in [0.717, 1.165) is 22.6 Å². The Morgan fingerprint density at radius 2 is 1.48 bits per heavy atom. The van der Waals surface area contributed by atoms with Gasteiger partial charge in [0.1, 0.15) is 5.82 Å². The fourth-order valence-corrected chi connectivity index (χ4v) is 3.02. The summed E-state index contributed by atoms with van der Waals surface area (Å²) in [6, 6.07) is 25.3. The number of hydrogen-bond donors (Lipinski definition) is 0. The molecule has 0 radical (unpaired) electrons. The van der Waals surface area contributed by atoms with Gasteiger partial charge < -0.3 is 0 Å². The first-order valence-electron chi connectivity index (χ1n) is 7.84. The lowest BCUT2D eigenvalue weighted by atomic mass is 10.1. The molecule has 3 aromatic carbocycles. The molecule has 112 valence electrons. The van der Waals surface area contributed by atoms with Crippen molar-refractivity contribution in [3.8, 4) is 17.1 Å². The molecule has 0 aliphatic carbocycles. The molecule has 23 heavy (non-hydrogen) atoms. The second-order valence-corrected chi connectivity index (χ2v) is 5.92. The molecule has 0 N–H and O–H groups in total. The van der Waals surface area contributed by atoms with Crippen LogP contribution in [0, 0.1) is 13.8 Å². The van der Waals surface area contributed by atoms with Gasteiger partial charge in [0.25, 0.3) is 0 Å². The Bertz CT molecular complexity index is 964. The molecule has 0 aliphatic rings. The fraction of sp³-hybridized carbons (Fsp3) is 0.0952. The normalized spacial score (nSPS) is 11.0. The molecular formula is C21H18N2. The summed E-state index contributed by atoms with van der Waals surface area (Å²) in [5.74, 6) is 0.985. The molecule has 2 heteroatoms. The predicted molar refractivity (Wildman–Crippen MR) is 96.0 cm³/mol. The van der Waals surface area contributed by atoms with Crippen LogP contribution in [-0.2, 0) is 0 Å². The van der Waals surface area contributed by atoms with Crippen LogP contribution >= 0.6 is 0 Å². The average molecular weight is 298 g/mol. The topological polar surface area (TPSA) is 17.8 Å². The molecule has 1 heterocycles. The maximum Gasteiger partial charge on any atom is 0.145 e. The molecular weight excluding hydrogens is 280 g/mol. The van der Waals surface area contributed by atoms with E-state index in [2.05, 4.69) is 85.1 Å². The van der Waals surface area contributed by atoms with Gasteiger partial charge >= 0.3 is 0 Å². The lowest BCUT2D eigenvalue weighted by molar-refractivity contribution is 1.09. The number of aryl methyl sites for hydroxylation is 2. The smallest absolute Gasteiger partial charge is 0.145 e. The van der Waals surface area contributed by atoms with Crippen molar-refractivity contribution in [3.05, 3.63) is 83.9 Å². The molecule has 0 amide bonds. The van der Waals surface area contributed by atoms with Crippen molar-refractivity contribution in [2.24, 2.45) is 0 Å². The van der Waals surface area contributed by atoms with Crippen LogP contribution in [0.15, 0.2) is 72.8 Å². The van der Waals surface area contributed by atoms with Crippen LogP contribution in [0.5, 0.6) is 0 Å². The summed E-state index contributed by atoms with van der Waals surface area (Å²) in [6.07, 6.45) is 0. The monoisotopic (exact) mass is 298 g/mol. The highest BCUT2D eigenvalue weighted by atomic mass is 15.1. The quantitative estimate of drug-likeness (QED) is 0.490. The molecule has 1 aromatic heterocycles. The molecule has 0 unspecified atom stereocenters. The number of para-hydroxylation sites is 1. The van der Waals surface area contributed by atoms with Crippen LogP contribution in [0.1, 0.15) is 11.1 Å². The van der Waals surface area contributed by atoms with Crippen LogP contribution in [0.3, 0.4) is 0 Å². The average Bonchev–Trinajstić information content (AvgIpc) is 2.97. The number of nitrogens with zero attached hydrogens (tertiary/aromatic N) is 2. The maximum absolute atomic E-state index is 4.91. The fourth-order valence-electron chi connectivity index (χ4n) is 3.02. The van der Waals surface area contributed by atoms with Gasteiger partial charge in [-0.15, -0.1) is 0 Å². The number of fused-ring (bicyclic) bond motifs is 1. The van der Waals surface area contributed by atoms with E-state index in [1.807, 2.05) is 6.07 Å². The lowest BCUT2D eigenvalue weighted by Crippen LogP contribution is -1.98. The Morgan fingerprint density at radius 1 is 0.739 bits per heavy atom. The second kappa shape index (κ2) is 5.40. The van der Waals surface area contributed by atoms with Crippen LogP contribution < -0.4 is 0 Å². The molecule has 0 fully saturated rings. The largest absolute Gasteiger partial charge is 0.292 e. The third-order valence-corrected chi connectivity index (χ3v) is 4.20. The zero-order chi connectivity index (χ0) is 15.8. The molecule has 2 nitrogen and oxygen atoms in total. The highest BCUT2D eigenvalue weighted by Crippen LogP contribution is 2.30. The Kier molecular flexibility index (Phi) is 3.23. The van der Waals surface area contributed by atoms with Crippen LogP contribution in [0.2, 0.25) is 0 Å². The summed E-state index contributed by atoms with van der Waals surface area (Å²) < 4.78 is 2.26. The Morgan fingerprint density at radius 3 is 2.22 bits per heavy atom. The minimum Gasteiger partial charge on any atom is -0.292 e. The van der Waals surface area contributed by atoms with Gasteiger partial charge in [-0.05, 0) is 37.6 Å². The highest BCUT2D eigenvalue weighted by molar-refractivity contribution is 5.85. The van der Waals surface area contributed by atoms with E-state index >= 15 is 0 Å². The third kappa shape index (κ3) is 2.33. The molecule has 0 saturated carbocycles. The summed E-state index contributed by atoms with van der Waals surface area (Å²) in [5, 5.41) is 0. The molecule has 0 spiro atoms. The van der Waals surface area contributed by atoms with E-state index in [1.165, 1.54) is 16.6 Å². The molecule has 0 saturated heterocycles. The van der Waals surface area contributed by atoms with Crippen LogP contribution in [-0.4, -0.2) is 9.55 Å². The van der Waals surface area contributed by atoms with E-state index in [9.17, 15) is 0 Å². The Balaban J connectivity index is 2.08. The molecule has 0 aliphatic heterocycles. The predicted octanol–water partition coefficient (Wildman–Crippen LogP) is 5.31. The molecule has 4 rings (SSSR count). The van der Waals surface area contributed by atoms with Gasteiger partial charge in [0, 0.05) is 11.3 Å².